The van der Waals surface area contributed by atoms with E-state index in [9.17, 15) is 13.2 Å². The third-order valence-corrected chi connectivity index (χ3v) is 4.56. The van der Waals surface area contributed by atoms with Crippen molar-refractivity contribution in [2.24, 2.45) is 0 Å². The van der Waals surface area contributed by atoms with Crippen LogP contribution < -0.4 is 4.18 Å². The Hall–Kier alpha value is -2.18. The van der Waals surface area contributed by atoms with Crippen LogP contribution in [0, 0.1) is 6.92 Å². The summed E-state index contributed by atoms with van der Waals surface area (Å²) in [6.07, 6.45) is -0.876. The highest BCUT2D eigenvalue weighted by atomic mass is 32.2. The summed E-state index contributed by atoms with van der Waals surface area (Å²) >= 11 is 0. The van der Waals surface area contributed by atoms with Crippen molar-refractivity contribution in [3.8, 4) is 5.75 Å². The highest BCUT2D eigenvalue weighted by Gasteiger charge is 2.24. The number of rotatable bonds is 6. The normalized spacial score (nSPS) is 12.7. The van der Waals surface area contributed by atoms with Gasteiger partial charge in [-0.05, 0) is 32.0 Å². The van der Waals surface area contributed by atoms with E-state index in [1.54, 1.807) is 30.3 Å². The van der Waals surface area contributed by atoms with Crippen LogP contribution in [0.25, 0.3) is 0 Å². The van der Waals surface area contributed by atoms with E-state index in [1.165, 1.54) is 32.2 Å². The molecule has 0 radical (unpaired) electrons. The number of hydrogen-bond donors (Lipinski definition) is 0. The summed E-state index contributed by atoms with van der Waals surface area (Å²) in [6, 6.07) is 12.8. The second-order valence-corrected chi connectivity index (χ2v) is 6.66. The summed E-state index contributed by atoms with van der Waals surface area (Å²) in [7, 11) is -2.60. The molecule has 1 atom stereocenters. The zero-order valence-electron chi connectivity index (χ0n) is 13.1. The third-order valence-electron chi connectivity index (χ3n) is 3.32. The number of Topliss-reactive ketones (excluding diaryl/α,β-unsaturated/α-hetero) is 1. The van der Waals surface area contributed by atoms with Crippen molar-refractivity contribution >= 4 is 15.9 Å². The first kappa shape index (κ1) is 17.2. The zero-order chi connectivity index (χ0) is 17.0. The van der Waals surface area contributed by atoms with Crippen molar-refractivity contribution in [1.29, 1.82) is 0 Å². The van der Waals surface area contributed by atoms with Crippen LogP contribution in [0.4, 0.5) is 0 Å². The molecule has 2 aromatic carbocycles. The van der Waals surface area contributed by atoms with E-state index in [2.05, 4.69) is 0 Å². The number of carbonyl (C=O) groups is 1. The number of ketones is 1. The van der Waals surface area contributed by atoms with E-state index in [4.69, 9.17) is 8.92 Å². The van der Waals surface area contributed by atoms with Gasteiger partial charge in [-0.3, -0.25) is 4.79 Å². The Balaban J connectivity index is 2.40. The molecule has 0 aliphatic carbocycles. The van der Waals surface area contributed by atoms with Gasteiger partial charge in [0.2, 0.25) is 0 Å². The van der Waals surface area contributed by atoms with E-state index in [0.29, 0.717) is 5.56 Å². The lowest BCUT2D eigenvalue weighted by Crippen LogP contribution is -2.15. The molecule has 5 nitrogen and oxygen atoms in total. The molecular weight excluding hydrogens is 316 g/mol. The number of benzene rings is 2. The zero-order valence-corrected chi connectivity index (χ0v) is 14.0. The van der Waals surface area contributed by atoms with Crippen LogP contribution in [-0.4, -0.2) is 21.3 Å². The van der Waals surface area contributed by atoms with Crippen LogP contribution in [0.2, 0.25) is 0 Å². The van der Waals surface area contributed by atoms with Crippen LogP contribution in [0.5, 0.6) is 5.75 Å². The molecule has 0 saturated heterocycles. The van der Waals surface area contributed by atoms with Crippen molar-refractivity contribution in [1.82, 2.24) is 0 Å². The Morgan fingerprint density at radius 1 is 1.04 bits per heavy atom. The second-order valence-electron chi connectivity index (χ2n) is 5.11. The fraction of sp³-hybridized carbons (Fsp3) is 0.235. The summed E-state index contributed by atoms with van der Waals surface area (Å²) in [4.78, 5) is 11.7. The molecule has 0 aliphatic rings. The SMILES string of the molecule is COC(C(C)=O)c1ccccc1OS(=O)(=O)c1ccc(C)cc1. The lowest BCUT2D eigenvalue weighted by Gasteiger charge is -2.16. The smallest absolute Gasteiger partial charge is 0.339 e. The van der Waals surface area contributed by atoms with Gasteiger partial charge in [0.25, 0.3) is 0 Å². The highest BCUT2D eigenvalue weighted by Crippen LogP contribution is 2.30. The quantitative estimate of drug-likeness (QED) is 0.760. The minimum Gasteiger partial charge on any atom is -0.379 e. The maximum Gasteiger partial charge on any atom is 0.339 e. The Labute approximate surface area is 136 Å². The lowest BCUT2D eigenvalue weighted by molar-refractivity contribution is -0.127. The number of methoxy groups -OCH3 is 1. The summed E-state index contributed by atoms with van der Waals surface area (Å²) in [6.45, 7) is 3.24. The lowest BCUT2D eigenvalue weighted by atomic mass is 10.1. The molecule has 23 heavy (non-hydrogen) atoms. The molecule has 0 aliphatic heterocycles. The molecule has 1 unspecified atom stereocenters. The molecule has 122 valence electrons. The average Bonchev–Trinajstić information content (AvgIpc) is 2.49. The van der Waals surface area contributed by atoms with E-state index < -0.39 is 16.2 Å². The van der Waals surface area contributed by atoms with Crippen LogP contribution in [0.3, 0.4) is 0 Å². The van der Waals surface area contributed by atoms with Crippen molar-refractivity contribution < 1.29 is 22.1 Å². The maximum absolute atomic E-state index is 12.4. The van der Waals surface area contributed by atoms with Crippen molar-refractivity contribution in [3.05, 3.63) is 59.7 Å². The monoisotopic (exact) mass is 334 g/mol. The van der Waals surface area contributed by atoms with Gasteiger partial charge >= 0.3 is 10.1 Å². The van der Waals surface area contributed by atoms with Crippen molar-refractivity contribution in [3.63, 3.8) is 0 Å². The van der Waals surface area contributed by atoms with Crippen molar-refractivity contribution in [2.45, 2.75) is 24.8 Å². The largest absolute Gasteiger partial charge is 0.379 e. The molecule has 2 aromatic rings. The summed E-state index contributed by atoms with van der Waals surface area (Å²) in [5.74, 6) is -0.161. The molecule has 0 aromatic heterocycles. The van der Waals surface area contributed by atoms with Crippen LogP contribution in [0.15, 0.2) is 53.4 Å². The predicted molar refractivity (Wildman–Crippen MR) is 85.9 cm³/mol. The van der Waals surface area contributed by atoms with Crippen LogP contribution >= 0.6 is 0 Å². The molecule has 0 bridgehead atoms. The van der Waals surface area contributed by atoms with Gasteiger partial charge in [-0.2, -0.15) is 8.42 Å². The Morgan fingerprint density at radius 3 is 2.22 bits per heavy atom. The van der Waals surface area contributed by atoms with Gasteiger partial charge in [0.1, 0.15) is 16.7 Å². The molecule has 0 spiro atoms. The summed E-state index contributed by atoms with van der Waals surface area (Å²) in [5.41, 5.74) is 1.32. The van der Waals surface area contributed by atoms with Gasteiger partial charge in [0, 0.05) is 12.7 Å². The van der Waals surface area contributed by atoms with Gasteiger partial charge < -0.3 is 8.92 Å². The molecule has 0 N–H and O–H groups in total. The van der Waals surface area contributed by atoms with Gasteiger partial charge in [0.05, 0.1) is 0 Å². The first-order valence-corrected chi connectivity index (χ1v) is 8.39. The van der Waals surface area contributed by atoms with Gasteiger partial charge in [-0.1, -0.05) is 35.9 Å². The molecule has 0 fully saturated rings. The van der Waals surface area contributed by atoms with Gasteiger partial charge in [0.15, 0.2) is 5.78 Å². The second kappa shape index (κ2) is 6.93. The van der Waals surface area contributed by atoms with E-state index in [-0.39, 0.29) is 16.4 Å². The molecule has 6 heteroatoms. The molecule has 0 saturated carbocycles. The Kier molecular flexibility index (Phi) is 5.18. The molecule has 0 amide bonds. The van der Waals surface area contributed by atoms with Gasteiger partial charge in [-0.25, -0.2) is 0 Å². The number of carbonyl (C=O) groups excluding carboxylic acids is 1. The first-order valence-electron chi connectivity index (χ1n) is 6.98. The molecule has 0 heterocycles. The van der Waals surface area contributed by atoms with E-state index in [0.717, 1.165) is 5.56 Å². The maximum atomic E-state index is 12.4. The first-order chi connectivity index (χ1) is 10.8. The number of ether oxygens (including phenoxy) is 1. The number of hydrogen-bond acceptors (Lipinski definition) is 5. The summed E-state index contributed by atoms with van der Waals surface area (Å²) in [5, 5.41) is 0. The minimum absolute atomic E-state index is 0.0506. The summed E-state index contributed by atoms with van der Waals surface area (Å²) < 4.78 is 35.2. The average molecular weight is 334 g/mol. The fourth-order valence-electron chi connectivity index (χ4n) is 2.16. The fourth-order valence-corrected chi connectivity index (χ4v) is 3.11. The van der Waals surface area contributed by atoms with E-state index in [1.807, 2.05) is 6.92 Å². The Morgan fingerprint density at radius 2 is 1.65 bits per heavy atom. The third kappa shape index (κ3) is 3.97. The minimum atomic E-state index is -3.99. The number of aryl methyl sites for hydroxylation is 1. The standard InChI is InChI=1S/C17H18O5S/c1-12-8-10-14(11-9-12)23(19,20)22-16-7-5-4-6-15(16)17(21-3)13(2)18/h4-11,17H,1-3H3. The Bertz CT molecular complexity index is 794. The van der Waals surface area contributed by atoms with E-state index >= 15 is 0 Å². The molecule has 2 rings (SSSR count). The van der Waals surface area contributed by atoms with Crippen molar-refractivity contribution in [2.75, 3.05) is 7.11 Å². The topological polar surface area (TPSA) is 69.7 Å². The van der Waals surface area contributed by atoms with Crippen LogP contribution in [0.1, 0.15) is 24.2 Å². The molecular formula is C17H18O5S. The predicted octanol–water partition coefficient (Wildman–Crippen LogP) is 3.04. The van der Waals surface area contributed by atoms with Crippen LogP contribution in [-0.2, 0) is 19.6 Å². The highest BCUT2D eigenvalue weighted by molar-refractivity contribution is 7.87. The van der Waals surface area contributed by atoms with Gasteiger partial charge in [-0.15, -0.1) is 0 Å². The number of para-hydroxylation sites is 1.